The Bertz CT molecular complexity index is 940. The van der Waals surface area contributed by atoms with Crippen molar-refractivity contribution in [2.45, 2.75) is 24.3 Å². The largest absolute Gasteiger partial charge is 0.490 e. The highest BCUT2D eigenvalue weighted by Gasteiger charge is 2.19. The molecule has 0 aliphatic heterocycles. The number of aliphatic hydroxyl groups excluding tert-OH is 1. The molecule has 0 amide bonds. The lowest BCUT2D eigenvalue weighted by Crippen LogP contribution is -2.18. The van der Waals surface area contributed by atoms with Crippen LogP contribution in [-0.2, 0) is 16.0 Å². The van der Waals surface area contributed by atoms with Crippen LogP contribution in [0.15, 0.2) is 59.0 Å². The van der Waals surface area contributed by atoms with Gasteiger partial charge < -0.3 is 19.0 Å². The van der Waals surface area contributed by atoms with Crippen molar-refractivity contribution in [1.82, 2.24) is 4.98 Å². The lowest BCUT2D eigenvalue weighted by Gasteiger charge is -2.12. The average molecular weight is 460 g/mol. The van der Waals surface area contributed by atoms with Gasteiger partial charge in [-0.15, -0.1) is 0 Å². The highest BCUT2D eigenvalue weighted by Crippen LogP contribution is 2.26. The fraction of sp³-hybridized carbons (Fsp3) is 0.273. The van der Waals surface area contributed by atoms with Gasteiger partial charge in [0, 0.05) is 5.56 Å². The van der Waals surface area contributed by atoms with Crippen LogP contribution >= 0.6 is 15.9 Å². The Balaban J connectivity index is 1.59. The van der Waals surface area contributed by atoms with Gasteiger partial charge >= 0.3 is 5.97 Å². The second kappa shape index (κ2) is 9.71. The third kappa shape index (κ3) is 5.46. The normalized spacial score (nSPS) is 13.0. The quantitative estimate of drug-likeness (QED) is 0.400. The van der Waals surface area contributed by atoms with E-state index in [4.69, 9.17) is 13.9 Å². The molecule has 0 saturated carbocycles. The number of aliphatic hydroxyl groups is 1. The van der Waals surface area contributed by atoms with E-state index in [0.717, 1.165) is 11.1 Å². The molecule has 2 unspecified atom stereocenters. The summed E-state index contributed by atoms with van der Waals surface area (Å²) in [5.41, 5.74) is 2.27. The number of aromatic nitrogens is 1. The molecule has 0 aliphatic carbocycles. The molecule has 7 heteroatoms. The second-order valence-electron chi connectivity index (χ2n) is 6.49. The number of hydrogen-bond donors (Lipinski definition) is 1. The smallest absolute Gasteiger partial charge is 0.319 e. The van der Waals surface area contributed by atoms with Gasteiger partial charge in [-0.2, -0.15) is 0 Å². The first kappa shape index (κ1) is 21.1. The standard InChI is InChI=1S/C22H22BrNO5/c1-14-20(24-21(29-14)16-6-4-3-5-7-16)19(25)13-28-17-10-8-15(9-11-17)12-18(23)22(26)27-2/h3-11,18-19,25H,12-13H2,1-2H3. The number of hydrogen-bond acceptors (Lipinski definition) is 6. The van der Waals surface area contributed by atoms with Crippen molar-refractivity contribution in [3.05, 3.63) is 71.6 Å². The predicted octanol–water partition coefficient (Wildman–Crippen LogP) is 4.24. The number of aryl methyl sites for hydroxylation is 1. The molecule has 0 aliphatic rings. The van der Waals surface area contributed by atoms with Crippen LogP contribution in [0, 0.1) is 6.92 Å². The summed E-state index contributed by atoms with van der Waals surface area (Å²) in [7, 11) is 1.36. The average Bonchev–Trinajstić information content (AvgIpc) is 3.14. The Morgan fingerprint density at radius 3 is 2.52 bits per heavy atom. The van der Waals surface area contributed by atoms with Gasteiger partial charge in [-0.25, -0.2) is 4.98 Å². The van der Waals surface area contributed by atoms with Crippen molar-refractivity contribution in [3.63, 3.8) is 0 Å². The Labute approximate surface area is 177 Å². The maximum Gasteiger partial charge on any atom is 0.319 e. The van der Waals surface area contributed by atoms with Gasteiger partial charge in [-0.1, -0.05) is 46.3 Å². The first-order valence-corrected chi connectivity index (χ1v) is 10.0. The minimum Gasteiger partial charge on any atom is -0.490 e. The lowest BCUT2D eigenvalue weighted by atomic mass is 10.1. The zero-order valence-corrected chi connectivity index (χ0v) is 17.8. The van der Waals surface area contributed by atoms with E-state index in [-0.39, 0.29) is 12.6 Å². The van der Waals surface area contributed by atoms with Crippen molar-refractivity contribution >= 4 is 21.9 Å². The summed E-state index contributed by atoms with van der Waals surface area (Å²) in [6.07, 6.45) is -0.405. The number of carbonyl (C=O) groups is 1. The first-order chi connectivity index (χ1) is 14.0. The van der Waals surface area contributed by atoms with Crippen LogP contribution in [0.1, 0.15) is 23.1 Å². The van der Waals surface area contributed by atoms with Gasteiger partial charge in [-0.3, -0.25) is 4.79 Å². The maximum absolute atomic E-state index is 11.5. The summed E-state index contributed by atoms with van der Waals surface area (Å²) >= 11 is 3.31. The number of rotatable bonds is 8. The van der Waals surface area contributed by atoms with Crippen LogP contribution in [0.4, 0.5) is 0 Å². The Morgan fingerprint density at radius 1 is 1.17 bits per heavy atom. The molecule has 0 spiro atoms. The molecule has 29 heavy (non-hydrogen) atoms. The third-order valence-corrected chi connectivity index (χ3v) is 5.07. The Kier molecular flexibility index (Phi) is 7.06. The molecule has 1 N–H and O–H groups in total. The fourth-order valence-corrected chi connectivity index (χ4v) is 3.38. The van der Waals surface area contributed by atoms with Gasteiger partial charge in [0.25, 0.3) is 0 Å². The van der Waals surface area contributed by atoms with Gasteiger partial charge in [0.05, 0.1) is 7.11 Å². The van der Waals surface area contributed by atoms with Crippen LogP contribution < -0.4 is 4.74 Å². The molecular formula is C22H22BrNO5. The van der Waals surface area contributed by atoms with E-state index in [1.54, 1.807) is 19.1 Å². The van der Waals surface area contributed by atoms with Gasteiger partial charge in [-0.05, 0) is 43.2 Å². The summed E-state index contributed by atoms with van der Waals surface area (Å²) in [5, 5.41) is 10.5. The van der Waals surface area contributed by atoms with E-state index < -0.39 is 10.9 Å². The van der Waals surface area contributed by atoms with E-state index in [2.05, 4.69) is 20.9 Å². The van der Waals surface area contributed by atoms with Crippen molar-refractivity contribution < 1.29 is 23.8 Å². The number of benzene rings is 2. The number of carbonyl (C=O) groups excluding carboxylic acids is 1. The van der Waals surface area contributed by atoms with Crippen molar-refractivity contribution in [1.29, 1.82) is 0 Å². The Hall–Kier alpha value is -2.64. The number of methoxy groups -OCH3 is 1. The molecule has 2 atom stereocenters. The molecule has 0 saturated heterocycles. The van der Waals surface area contributed by atoms with E-state index in [9.17, 15) is 9.90 Å². The first-order valence-electron chi connectivity index (χ1n) is 9.12. The van der Waals surface area contributed by atoms with E-state index in [1.807, 2.05) is 42.5 Å². The van der Waals surface area contributed by atoms with Gasteiger partial charge in [0.2, 0.25) is 5.89 Å². The van der Waals surface area contributed by atoms with Crippen LogP contribution in [0.2, 0.25) is 0 Å². The second-order valence-corrected chi connectivity index (χ2v) is 7.60. The van der Waals surface area contributed by atoms with Crippen LogP contribution in [0.25, 0.3) is 11.5 Å². The molecule has 1 heterocycles. The van der Waals surface area contributed by atoms with Crippen LogP contribution in [-0.4, -0.2) is 34.6 Å². The monoisotopic (exact) mass is 459 g/mol. The van der Waals surface area contributed by atoms with Crippen LogP contribution in [0.3, 0.4) is 0 Å². The highest BCUT2D eigenvalue weighted by atomic mass is 79.9. The number of esters is 1. The summed E-state index contributed by atoms with van der Waals surface area (Å²) in [6, 6.07) is 16.9. The van der Waals surface area contributed by atoms with Gasteiger partial charge in [0.15, 0.2) is 0 Å². The molecule has 3 rings (SSSR count). The summed E-state index contributed by atoms with van der Waals surface area (Å²) in [6.45, 7) is 1.81. The van der Waals surface area contributed by atoms with E-state index in [0.29, 0.717) is 29.5 Å². The number of nitrogens with zero attached hydrogens (tertiary/aromatic N) is 1. The maximum atomic E-state index is 11.5. The van der Waals surface area contributed by atoms with Crippen molar-refractivity contribution in [2.75, 3.05) is 13.7 Å². The summed E-state index contributed by atoms with van der Waals surface area (Å²) in [5.74, 6) is 1.32. The number of oxazole rings is 1. The van der Waals surface area contributed by atoms with Crippen LogP contribution in [0.5, 0.6) is 5.75 Å². The third-order valence-electron chi connectivity index (χ3n) is 4.37. The van der Waals surface area contributed by atoms with E-state index >= 15 is 0 Å². The molecule has 0 bridgehead atoms. The minimum absolute atomic E-state index is 0.0458. The molecule has 2 aromatic carbocycles. The molecule has 3 aromatic rings. The summed E-state index contributed by atoms with van der Waals surface area (Å²) in [4.78, 5) is 15.5. The molecule has 6 nitrogen and oxygen atoms in total. The Morgan fingerprint density at radius 2 is 1.86 bits per heavy atom. The fourth-order valence-electron chi connectivity index (χ4n) is 2.82. The molecule has 0 radical (unpaired) electrons. The van der Waals surface area contributed by atoms with Crippen molar-refractivity contribution in [3.8, 4) is 17.2 Å². The molecular weight excluding hydrogens is 438 g/mol. The number of alkyl halides is 1. The zero-order valence-electron chi connectivity index (χ0n) is 16.2. The molecule has 0 fully saturated rings. The topological polar surface area (TPSA) is 81.8 Å². The number of halogens is 1. The zero-order chi connectivity index (χ0) is 20.8. The number of ether oxygens (including phenoxy) is 2. The summed E-state index contributed by atoms with van der Waals surface area (Å²) < 4.78 is 16.1. The lowest BCUT2D eigenvalue weighted by molar-refractivity contribution is -0.139. The molecule has 1 aromatic heterocycles. The predicted molar refractivity (Wildman–Crippen MR) is 112 cm³/mol. The van der Waals surface area contributed by atoms with Crippen molar-refractivity contribution in [2.24, 2.45) is 0 Å². The van der Waals surface area contributed by atoms with E-state index in [1.165, 1.54) is 7.11 Å². The SMILES string of the molecule is COC(=O)C(Br)Cc1ccc(OCC(O)c2nc(-c3ccccc3)oc2C)cc1. The molecule has 152 valence electrons. The highest BCUT2D eigenvalue weighted by molar-refractivity contribution is 9.10. The minimum atomic E-state index is -0.915. The van der Waals surface area contributed by atoms with Gasteiger partial charge in [0.1, 0.15) is 34.7 Å².